The first-order valence-electron chi connectivity index (χ1n) is 9.47. The fraction of sp³-hybridized carbons (Fsp3) is 0.944. The first-order chi connectivity index (χ1) is 10.9. The van der Waals surface area contributed by atoms with Gasteiger partial charge in [-0.25, -0.2) is 4.89 Å². The lowest BCUT2D eigenvalue weighted by Crippen LogP contribution is -2.42. The van der Waals surface area contributed by atoms with Crippen LogP contribution in [0.25, 0.3) is 0 Å². The van der Waals surface area contributed by atoms with Gasteiger partial charge in [-0.3, -0.25) is 9.37 Å². The quantitative estimate of drug-likeness (QED) is 0.160. The molecule has 0 radical (unpaired) electrons. The number of carbonyl (C=O) groups excluding carboxylic acids is 1. The highest BCUT2D eigenvalue weighted by Gasteiger charge is 2.39. The van der Waals surface area contributed by atoms with E-state index in [4.69, 9.17) is 14.2 Å². The fourth-order valence-corrected chi connectivity index (χ4v) is 5.52. The van der Waals surface area contributed by atoms with Gasteiger partial charge in [-0.1, -0.05) is 47.0 Å². The zero-order chi connectivity index (χ0) is 17.3. The third-order valence-electron chi connectivity index (χ3n) is 5.38. The van der Waals surface area contributed by atoms with Crippen LogP contribution in [0.2, 0.25) is 18.1 Å². The molecule has 23 heavy (non-hydrogen) atoms. The van der Waals surface area contributed by atoms with Gasteiger partial charge in [0.25, 0.3) is 0 Å². The molecular formula is C18H36O4Si. The maximum absolute atomic E-state index is 11.8. The number of esters is 1. The number of unbranched alkanes of at least 4 members (excludes halogenated alkanes) is 2. The van der Waals surface area contributed by atoms with E-state index in [0.717, 1.165) is 37.4 Å². The van der Waals surface area contributed by atoms with Gasteiger partial charge in [-0.15, -0.1) is 0 Å². The Labute approximate surface area is 143 Å². The molecule has 1 saturated heterocycles. The summed E-state index contributed by atoms with van der Waals surface area (Å²) in [5, 5.41) is 0. The van der Waals surface area contributed by atoms with Crippen molar-refractivity contribution in [2.45, 2.75) is 96.9 Å². The molecule has 0 amide bonds. The number of cyclic esters (lactones) is 1. The van der Waals surface area contributed by atoms with Crippen LogP contribution in [-0.2, 0) is 19.0 Å². The number of ether oxygens (including phenoxy) is 1. The Balaban J connectivity index is 2.71. The van der Waals surface area contributed by atoms with Gasteiger partial charge in [0.15, 0.2) is 0 Å². The Morgan fingerprint density at radius 3 is 2.30 bits per heavy atom. The van der Waals surface area contributed by atoms with Gasteiger partial charge in [-0.05, 0) is 44.3 Å². The van der Waals surface area contributed by atoms with E-state index >= 15 is 0 Å². The molecule has 0 aromatic heterocycles. The van der Waals surface area contributed by atoms with Crippen LogP contribution in [0.3, 0.4) is 0 Å². The molecule has 4 nitrogen and oxygen atoms in total. The topological polar surface area (TPSA) is 44.8 Å². The van der Waals surface area contributed by atoms with Crippen LogP contribution in [0.5, 0.6) is 0 Å². The van der Waals surface area contributed by atoms with Crippen molar-refractivity contribution in [3.63, 3.8) is 0 Å². The van der Waals surface area contributed by atoms with E-state index in [-0.39, 0.29) is 17.5 Å². The molecule has 1 fully saturated rings. The summed E-state index contributed by atoms with van der Waals surface area (Å²) in [5.41, 5.74) is -0.388. The van der Waals surface area contributed by atoms with Gasteiger partial charge in [0.1, 0.15) is 5.60 Å². The van der Waals surface area contributed by atoms with E-state index in [1.165, 1.54) is 12.8 Å². The molecule has 0 aromatic carbocycles. The average Bonchev–Trinajstić information content (AvgIpc) is 2.94. The fourth-order valence-electron chi connectivity index (χ4n) is 3.29. The molecule has 1 aliphatic rings. The molecule has 1 aliphatic heterocycles. The lowest BCUT2D eigenvalue weighted by Gasteiger charge is -2.35. The zero-order valence-electron chi connectivity index (χ0n) is 15.8. The van der Waals surface area contributed by atoms with Crippen molar-refractivity contribution in [3.05, 3.63) is 0 Å². The molecule has 0 aliphatic carbocycles. The molecule has 0 N–H and O–H groups in total. The van der Waals surface area contributed by atoms with Crippen LogP contribution in [0.4, 0.5) is 0 Å². The third kappa shape index (κ3) is 6.20. The Hall–Kier alpha value is -0.393. The summed E-state index contributed by atoms with van der Waals surface area (Å²) in [7, 11) is -1.79. The van der Waals surface area contributed by atoms with Crippen LogP contribution in [-0.4, -0.2) is 26.5 Å². The second-order valence-electron chi connectivity index (χ2n) is 7.17. The summed E-state index contributed by atoms with van der Waals surface area (Å²) in [6.07, 6.45) is 5.93. The van der Waals surface area contributed by atoms with E-state index in [1.54, 1.807) is 0 Å². The van der Waals surface area contributed by atoms with Crippen LogP contribution < -0.4 is 0 Å². The van der Waals surface area contributed by atoms with E-state index in [9.17, 15) is 4.79 Å². The van der Waals surface area contributed by atoms with Gasteiger partial charge in [0.2, 0.25) is 8.32 Å². The minimum absolute atomic E-state index is 0.0360. The van der Waals surface area contributed by atoms with Crippen molar-refractivity contribution in [2.24, 2.45) is 5.92 Å². The van der Waals surface area contributed by atoms with Gasteiger partial charge in [-0.2, -0.15) is 0 Å². The second kappa shape index (κ2) is 9.79. The molecule has 1 heterocycles. The minimum atomic E-state index is -1.79. The van der Waals surface area contributed by atoms with Crippen molar-refractivity contribution in [1.82, 2.24) is 0 Å². The smallest absolute Gasteiger partial charge is 0.309 e. The number of hydrogen-bond acceptors (Lipinski definition) is 4. The van der Waals surface area contributed by atoms with E-state index < -0.39 is 8.32 Å². The normalized spacial score (nSPS) is 21.3. The maximum atomic E-state index is 11.8. The average molecular weight is 345 g/mol. The Kier molecular flexibility index (Phi) is 8.79. The molecule has 0 saturated carbocycles. The summed E-state index contributed by atoms with van der Waals surface area (Å²) < 4.78 is 11.2. The summed E-state index contributed by atoms with van der Waals surface area (Å²) in [6.45, 7) is 11.5. The van der Waals surface area contributed by atoms with Crippen molar-refractivity contribution in [1.29, 1.82) is 0 Å². The zero-order valence-corrected chi connectivity index (χ0v) is 16.8. The van der Waals surface area contributed by atoms with Crippen LogP contribution in [0.1, 0.15) is 73.1 Å². The Morgan fingerprint density at radius 1 is 1.17 bits per heavy atom. The predicted octanol–water partition coefficient (Wildman–Crippen LogP) is 5.23. The highest BCUT2D eigenvalue weighted by atomic mass is 28.4. The summed E-state index contributed by atoms with van der Waals surface area (Å²) >= 11 is 0. The third-order valence-corrected chi connectivity index (χ3v) is 9.69. The van der Waals surface area contributed by atoms with Crippen LogP contribution >= 0.6 is 0 Å². The van der Waals surface area contributed by atoms with Crippen molar-refractivity contribution in [3.8, 4) is 0 Å². The standard InChI is InChI=1S/C18H36O4Si/c1-6-10-11-13-18(5,15-16-12-14-20-17(16)19)21-22-23(7-2,8-3)9-4/h16H,6-15H2,1-5H3. The molecule has 0 spiro atoms. The number of rotatable bonds is 12. The largest absolute Gasteiger partial charge is 0.465 e. The second-order valence-corrected chi connectivity index (χ2v) is 11.8. The molecule has 1 rings (SSSR count). The van der Waals surface area contributed by atoms with Crippen LogP contribution in [0.15, 0.2) is 0 Å². The summed E-state index contributed by atoms with van der Waals surface area (Å²) in [4.78, 5) is 17.9. The SMILES string of the molecule is CCCCCC(C)(CC1CCOC1=O)OO[Si](CC)(CC)CC. The molecule has 5 heteroatoms. The monoisotopic (exact) mass is 344 g/mol. The maximum Gasteiger partial charge on any atom is 0.309 e. The minimum Gasteiger partial charge on any atom is -0.465 e. The Morgan fingerprint density at radius 2 is 1.83 bits per heavy atom. The van der Waals surface area contributed by atoms with Gasteiger partial charge in [0.05, 0.1) is 12.5 Å². The van der Waals surface area contributed by atoms with Crippen molar-refractivity contribution in [2.75, 3.05) is 6.61 Å². The van der Waals surface area contributed by atoms with Crippen LogP contribution in [0, 0.1) is 5.92 Å². The molecule has 0 bridgehead atoms. The van der Waals surface area contributed by atoms with E-state index in [0.29, 0.717) is 13.0 Å². The Bertz CT molecular complexity index is 349. The highest BCUT2D eigenvalue weighted by molar-refractivity contribution is 6.73. The predicted molar refractivity (Wildman–Crippen MR) is 95.6 cm³/mol. The van der Waals surface area contributed by atoms with Crippen molar-refractivity contribution < 1.29 is 19.0 Å². The molecule has 0 aromatic rings. The molecule has 136 valence electrons. The van der Waals surface area contributed by atoms with E-state index in [2.05, 4.69) is 34.6 Å². The lowest BCUT2D eigenvalue weighted by molar-refractivity contribution is -0.304. The lowest BCUT2D eigenvalue weighted by atomic mass is 9.87. The summed E-state index contributed by atoms with van der Waals surface area (Å²) in [6, 6.07) is 3.20. The molecular weight excluding hydrogens is 308 g/mol. The molecule has 2 atom stereocenters. The van der Waals surface area contributed by atoms with Gasteiger partial charge >= 0.3 is 5.97 Å². The van der Waals surface area contributed by atoms with E-state index in [1.807, 2.05) is 0 Å². The highest BCUT2D eigenvalue weighted by Crippen LogP contribution is 2.34. The summed E-state index contributed by atoms with van der Waals surface area (Å²) in [5.74, 6) is -0.105. The first kappa shape index (κ1) is 20.7. The van der Waals surface area contributed by atoms with Crippen molar-refractivity contribution >= 4 is 14.3 Å². The number of hydrogen-bond donors (Lipinski definition) is 0. The molecule has 2 unspecified atom stereocenters. The number of carbonyl (C=O) groups is 1. The van der Waals surface area contributed by atoms with Gasteiger partial charge in [0, 0.05) is 0 Å². The van der Waals surface area contributed by atoms with Gasteiger partial charge < -0.3 is 4.74 Å². The first-order valence-corrected chi connectivity index (χ1v) is 12.0.